The lowest BCUT2D eigenvalue weighted by molar-refractivity contribution is -0.161. The van der Waals surface area contributed by atoms with Gasteiger partial charge in [-0.2, -0.15) is 0 Å². The van der Waals surface area contributed by atoms with E-state index in [0.29, 0.717) is 12.8 Å². The Morgan fingerprint density at radius 3 is 1.22 bits per heavy atom. The SMILES string of the molecule is CCCCCCCCCCCCCCCCCCCCC(=O)OC[C@@H](COP(=O)(O)OC[C@H](O)CO)OC(=O)CCCCCCCCCCCC. The Kier molecular flexibility index (Phi) is 36.5. The fourth-order valence-corrected chi connectivity index (χ4v) is 6.78. The summed E-state index contributed by atoms with van der Waals surface area (Å²) in [6, 6.07) is 0. The fraction of sp³-hybridized carbons (Fsp3) is 0.950. The summed E-state index contributed by atoms with van der Waals surface area (Å²) in [5.74, 6) is -0.913. The predicted octanol–water partition coefficient (Wildman–Crippen LogP) is 10.7. The number of phosphoric acid groups is 1. The lowest BCUT2D eigenvalue weighted by Crippen LogP contribution is -2.29. The van der Waals surface area contributed by atoms with E-state index in [4.69, 9.17) is 19.1 Å². The van der Waals surface area contributed by atoms with Crippen LogP contribution in [0.5, 0.6) is 0 Å². The Labute approximate surface area is 312 Å². The molecule has 0 saturated carbocycles. The molecule has 0 aromatic heterocycles. The van der Waals surface area contributed by atoms with Crippen LogP contribution in [0.3, 0.4) is 0 Å². The third kappa shape index (κ3) is 37.1. The van der Waals surface area contributed by atoms with Crippen molar-refractivity contribution in [2.24, 2.45) is 0 Å². The van der Waals surface area contributed by atoms with Gasteiger partial charge in [-0.3, -0.25) is 18.6 Å². The van der Waals surface area contributed by atoms with Gasteiger partial charge in [0.1, 0.15) is 12.7 Å². The molecule has 0 spiro atoms. The molecule has 0 bridgehead atoms. The summed E-state index contributed by atoms with van der Waals surface area (Å²) in [6.45, 7) is 2.39. The average Bonchev–Trinajstić information content (AvgIpc) is 3.12. The first-order valence-corrected chi connectivity index (χ1v) is 22.5. The van der Waals surface area contributed by atoms with Gasteiger partial charge in [0.25, 0.3) is 0 Å². The number of unbranched alkanes of at least 4 members (excludes halogenated alkanes) is 26. The third-order valence-electron chi connectivity index (χ3n) is 9.26. The molecule has 3 atom stereocenters. The highest BCUT2D eigenvalue weighted by Gasteiger charge is 2.27. The Bertz CT molecular complexity index is 827. The molecule has 0 heterocycles. The number of hydrogen-bond acceptors (Lipinski definition) is 9. The number of ether oxygens (including phenoxy) is 2. The molecule has 0 saturated heterocycles. The number of phosphoric ester groups is 1. The first-order chi connectivity index (χ1) is 24.7. The second-order valence-electron chi connectivity index (χ2n) is 14.4. The van der Waals surface area contributed by atoms with Crippen molar-refractivity contribution in [2.75, 3.05) is 26.4 Å². The Hall–Kier alpha value is -1.03. The minimum Gasteiger partial charge on any atom is -0.462 e. The number of esters is 2. The van der Waals surface area contributed by atoms with Gasteiger partial charge >= 0.3 is 19.8 Å². The van der Waals surface area contributed by atoms with Gasteiger partial charge in [-0.15, -0.1) is 0 Å². The maximum atomic E-state index is 12.5. The van der Waals surface area contributed by atoms with E-state index in [1.165, 1.54) is 135 Å². The van der Waals surface area contributed by atoms with Crippen molar-refractivity contribution in [3.63, 3.8) is 0 Å². The molecular weight excluding hydrogens is 671 g/mol. The van der Waals surface area contributed by atoms with Gasteiger partial charge < -0.3 is 24.6 Å². The molecule has 0 aliphatic rings. The van der Waals surface area contributed by atoms with Crippen LogP contribution in [-0.2, 0) is 32.7 Å². The molecule has 1 unspecified atom stereocenters. The Balaban J connectivity index is 4.19. The molecular formula is C40H79O10P. The largest absolute Gasteiger partial charge is 0.472 e. The molecule has 10 nitrogen and oxygen atoms in total. The highest BCUT2D eigenvalue weighted by Crippen LogP contribution is 2.43. The first-order valence-electron chi connectivity index (χ1n) is 21.0. The van der Waals surface area contributed by atoms with Gasteiger partial charge in [-0.25, -0.2) is 4.57 Å². The van der Waals surface area contributed by atoms with E-state index in [0.717, 1.165) is 32.1 Å². The maximum Gasteiger partial charge on any atom is 0.472 e. The number of rotatable bonds is 40. The van der Waals surface area contributed by atoms with Crippen molar-refractivity contribution < 1.29 is 47.8 Å². The molecule has 0 rings (SSSR count). The minimum atomic E-state index is -4.60. The summed E-state index contributed by atoms with van der Waals surface area (Å²) < 4.78 is 32.6. The van der Waals surface area contributed by atoms with Crippen LogP contribution in [0.15, 0.2) is 0 Å². The van der Waals surface area contributed by atoms with Gasteiger partial charge in [-0.05, 0) is 12.8 Å². The van der Waals surface area contributed by atoms with Crippen LogP contribution < -0.4 is 0 Å². The van der Waals surface area contributed by atoms with E-state index in [9.17, 15) is 24.2 Å². The van der Waals surface area contributed by atoms with Gasteiger partial charge in [-0.1, -0.05) is 181 Å². The highest BCUT2D eigenvalue weighted by atomic mass is 31.2. The zero-order valence-electron chi connectivity index (χ0n) is 32.8. The van der Waals surface area contributed by atoms with Crippen LogP contribution >= 0.6 is 7.82 Å². The number of hydrogen-bond donors (Lipinski definition) is 3. The summed E-state index contributed by atoms with van der Waals surface area (Å²) in [5, 5.41) is 18.3. The molecule has 0 radical (unpaired) electrons. The minimum absolute atomic E-state index is 0.191. The fourth-order valence-electron chi connectivity index (χ4n) is 5.99. The smallest absolute Gasteiger partial charge is 0.462 e. The quantitative estimate of drug-likeness (QED) is 0.0314. The van der Waals surface area contributed by atoms with Crippen LogP contribution in [-0.4, -0.2) is 65.7 Å². The highest BCUT2D eigenvalue weighted by molar-refractivity contribution is 7.47. The lowest BCUT2D eigenvalue weighted by Gasteiger charge is -2.20. The lowest BCUT2D eigenvalue weighted by atomic mass is 10.0. The monoisotopic (exact) mass is 751 g/mol. The number of aliphatic hydroxyl groups excluding tert-OH is 2. The van der Waals surface area contributed by atoms with Crippen LogP contribution in [0.1, 0.15) is 206 Å². The van der Waals surface area contributed by atoms with E-state index in [-0.39, 0.29) is 19.4 Å². The van der Waals surface area contributed by atoms with Crippen molar-refractivity contribution >= 4 is 19.8 Å². The molecule has 0 aliphatic heterocycles. The number of aliphatic hydroxyl groups is 2. The van der Waals surface area contributed by atoms with Gasteiger partial charge in [0.05, 0.1) is 19.8 Å². The van der Waals surface area contributed by atoms with E-state index < -0.39 is 51.8 Å². The van der Waals surface area contributed by atoms with Crippen molar-refractivity contribution in [3.05, 3.63) is 0 Å². The summed E-state index contributed by atoms with van der Waals surface area (Å²) in [5.41, 5.74) is 0. The molecule has 0 fully saturated rings. The summed E-state index contributed by atoms with van der Waals surface area (Å²) in [7, 11) is -4.60. The third-order valence-corrected chi connectivity index (χ3v) is 10.2. The molecule has 0 aliphatic carbocycles. The molecule has 304 valence electrons. The normalized spacial score (nSPS) is 13.9. The van der Waals surface area contributed by atoms with Crippen molar-refractivity contribution in [2.45, 2.75) is 219 Å². The van der Waals surface area contributed by atoms with Crippen LogP contribution in [0, 0.1) is 0 Å². The first kappa shape index (κ1) is 50.0. The number of carbonyl (C=O) groups is 2. The van der Waals surface area contributed by atoms with E-state index in [1.54, 1.807) is 0 Å². The van der Waals surface area contributed by atoms with Crippen LogP contribution in [0.2, 0.25) is 0 Å². The van der Waals surface area contributed by atoms with Crippen LogP contribution in [0.25, 0.3) is 0 Å². The summed E-state index contributed by atoms with van der Waals surface area (Å²) in [6.07, 6.45) is 32.2. The van der Waals surface area contributed by atoms with Crippen LogP contribution in [0.4, 0.5) is 0 Å². The number of carbonyl (C=O) groups excluding carboxylic acids is 2. The maximum absolute atomic E-state index is 12.5. The predicted molar refractivity (Wildman–Crippen MR) is 206 cm³/mol. The zero-order valence-corrected chi connectivity index (χ0v) is 33.7. The van der Waals surface area contributed by atoms with Gasteiger partial charge in [0.15, 0.2) is 6.10 Å². The van der Waals surface area contributed by atoms with Gasteiger partial charge in [0.2, 0.25) is 0 Å². The van der Waals surface area contributed by atoms with Crippen molar-refractivity contribution in [1.29, 1.82) is 0 Å². The standard InChI is InChI=1S/C40H79O10P/c1-3-5-7-9-11-13-15-16-17-18-19-20-21-22-24-25-27-29-31-39(43)47-35-38(36-49-51(45,46)48-34-37(42)33-41)50-40(44)32-30-28-26-23-14-12-10-8-6-4-2/h37-38,41-42H,3-36H2,1-2H3,(H,45,46)/t37-,38+/m1/s1. The molecule has 0 aromatic rings. The second kappa shape index (κ2) is 37.3. The summed E-state index contributed by atoms with van der Waals surface area (Å²) in [4.78, 5) is 34.8. The molecule has 0 amide bonds. The molecule has 0 aromatic carbocycles. The Morgan fingerprint density at radius 1 is 0.510 bits per heavy atom. The second-order valence-corrected chi connectivity index (χ2v) is 15.8. The Morgan fingerprint density at radius 2 is 0.843 bits per heavy atom. The van der Waals surface area contributed by atoms with Crippen molar-refractivity contribution in [1.82, 2.24) is 0 Å². The summed E-state index contributed by atoms with van der Waals surface area (Å²) >= 11 is 0. The van der Waals surface area contributed by atoms with E-state index in [1.807, 2.05) is 0 Å². The molecule has 3 N–H and O–H groups in total. The van der Waals surface area contributed by atoms with Gasteiger partial charge in [0, 0.05) is 12.8 Å². The zero-order chi connectivity index (χ0) is 37.7. The topological polar surface area (TPSA) is 149 Å². The van der Waals surface area contributed by atoms with E-state index >= 15 is 0 Å². The van der Waals surface area contributed by atoms with Crippen molar-refractivity contribution in [3.8, 4) is 0 Å². The van der Waals surface area contributed by atoms with E-state index in [2.05, 4.69) is 18.4 Å². The average molecular weight is 751 g/mol. The molecule has 51 heavy (non-hydrogen) atoms. The molecule has 11 heteroatoms.